The first kappa shape index (κ1) is 21.8. The van der Waals surface area contributed by atoms with E-state index in [4.69, 9.17) is 14.2 Å². The largest absolute Gasteiger partial charge is 0.492 e. The lowest BCUT2D eigenvalue weighted by Crippen LogP contribution is -2.24. The second-order valence-electron chi connectivity index (χ2n) is 7.33. The molecule has 0 saturated carbocycles. The molecule has 0 aliphatic carbocycles. The van der Waals surface area contributed by atoms with E-state index in [0.717, 1.165) is 47.9 Å². The van der Waals surface area contributed by atoms with Crippen LogP contribution in [0.5, 0.6) is 17.2 Å². The third-order valence-electron chi connectivity index (χ3n) is 5.08. The molecule has 5 nitrogen and oxygen atoms in total. The maximum absolute atomic E-state index is 13.3. The van der Waals surface area contributed by atoms with Crippen molar-refractivity contribution in [1.82, 2.24) is 4.57 Å². The van der Waals surface area contributed by atoms with Crippen LogP contribution < -0.4 is 19.8 Å². The molecule has 0 amide bonds. The van der Waals surface area contributed by atoms with Crippen LogP contribution in [0.3, 0.4) is 0 Å². The molecule has 1 heterocycles. The molecule has 2 aromatic carbocycles. The topological polar surface area (TPSA) is 49.7 Å². The van der Waals surface area contributed by atoms with Crippen LogP contribution in [0.2, 0.25) is 0 Å². The SMILES string of the molecule is CCCCOc1c(OC)c2ccc(OCc3ccccc3)cc2n(CCCC)c1=O. The van der Waals surface area contributed by atoms with Crippen molar-refractivity contribution < 1.29 is 14.2 Å². The van der Waals surface area contributed by atoms with Gasteiger partial charge in [-0.25, -0.2) is 0 Å². The zero-order valence-corrected chi connectivity index (χ0v) is 18.1. The predicted molar refractivity (Wildman–Crippen MR) is 121 cm³/mol. The van der Waals surface area contributed by atoms with Crippen LogP contribution in [-0.4, -0.2) is 18.3 Å². The van der Waals surface area contributed by atoms with E-state index in [1.54, 1.807) is 11.7 Å². The minimum atomic E-state index is -0.149. The Morgan fingerprint density at radius 2 is 1.67 bits per heavy atom. The molecular weight excluding hydrogens is 378 g/mol. The summed E-state index contributed by atoms with van der Waals surface area (Å²) in [5.41, 5.74) is 1.75. The zero-order valence-electron chi connectivity index (χ0n) is 18.1. The maximum Gasteiger partial charge on any atom is 0.297 e. The number of benzene rings is 2. The Kier molecular flexibility index (Phi) is 7.77. The number of fused-ring (bicyclic) bond motifs is 1. The molecule has 0 fully saturated rings. The van der Waals surface area contributed by atoms with E-state index in [9.17, 15) is 4.79 Å². The first-order valence-corrected chi connectivity index (χ1v) is 10.7. The van der Waals surface area contributed by atoms with E-state index in [1.807, 2.05) is 48.5 Å². The minimum absolute atomic E-state index is 0.149. The second kappa shape index (κ2) is 10.7. The molecule has 30 heavy (non-hydrogen) atoms. The molecule has 0 N–H and O–H groups in total. The summed E-state index contributed by atoms with van der Waals surface area (Å²) in [6, 6.07) is 15.8. The van der Waals surface area contributed by atoms with E-state index < -0.39 is 0 Å². The number of methoxy groups -OCH3 is 1. The summed E-state index contributed by atoms with van der Waals surface area (Å²) in [4.78, 5) is 13.3. The molecule has 0 unspecified atom stereocenters. The van der Waals surface area contributed by atoms with Gasteiger partial charge in [0.25, 0.3) is 5.56 Å². The predicted octanol–water partition coefficient (Wildman–Crippen LogP) is 5.57. The molecule has 0 bridgehead atoms. The van der Waals surface area contributed by atoms with Crippen LogP contribution in [-0.2, 0) is 13.2 Å². The summed E-state index contributed by atoms with van der Waals surface area (Å²) in [5, 5.41) is 0.853. The van der Waals surface area contributed by atoms with Crippen molar-refractivity contribution in [3.63, 3.8) is 0 Å². The second-order valence-corrected chi connectivity index (χ2v) is 7.33. The molecule has 0 radical (unpaired) electrons. The first-order chi connectivity index (χ1) is 14.7. The van der Waals surface area contributed by atoms with Gasteiger partial charge < -0.3 is 18.8 Å². The van der Waals surface area contributed by atoms with Gasteiger partial charge in [0.1, 0.15) is 12.4 Å². The van der Waals surface area contributed by atoms with Crippen molar-refractivity contribution in [3.8, 4) is 17.2 Å². The number of pyridine rings is 1. The number of hydrogen-bond acceptors (Lipinski definition) is 4. The molecule has 3 aromatic rings. The molecule has 160 valence electrons. The van der Waals surface area contributed by atoms with Crippen molar-refractivity contribution >= 4 is 10.9 Å². The number of aryl methyl sites for hydroxylation is 1. The third-order valence-corrected chi connectivity index (χ3v) is 5.08. The summed E-state index contributed by atoms with van der Waals surface area (Å²) in [7, 11) is 1.58. The summed E-state index contributed by atoms with van der Waals surface area (Å²) >= 11 is 0. The average Bonchev–Trinajstić information content (AvgIpc) is 2.78. The zero-order chi connectivity index (χ0) is 21.3. The Labute approximate surface area is 178 Å². The van der Waals surface area contributed by atoms with Gasteiger partial charge in [0.15, 0.2) is 5.75 Å². The molecule has 5 heteroatoms. The van der Waals surface area contributed by atoms with Crippen molar-refractivity contribution in [1.29, 1.82) is 0 Å². The molecule has 3 rings (SSSR count). The Hall–Kier alpha value is -2.95. The molecule has 0 aliphatic rings. The number of hydrogen-bond donors (Lipinski definition) is 0. The molecule has 0 atom stereocenters. The van der Waals surface area contributed by atoms with Crippen LogP contribution in [0.25, 0.3) is 10.9 Å². The standard InChI is InChI=1S/C25H31NO4/c1-4-6-15-26-22-17-20(30-18-19-11-9-8-10-12-19)13-14-21(22)23(28-3)24(25(26)27)29-16-7-5-2/h8-14,17H,4-7,15-16,18H2,1-3H3. The Morgan fingerprint density at radius 3 is 2.37 bits per heavy atom. The van der Waals surface area contributed by atoms with Gasteiger partial charge in [0, 0.05) is 18.0 Å². The van der Waals surface area contributed by atoms with Gasteiger partial charge >= 0.3 is 0 Å². The third kappa shape index (κ3) is 4.96. The van der Waals surface area contributed by atoms with Gasteiger partial charge in [-0.1, -0.05) is 57.0 Å². The van der Waals surface area contributed by atoms with Gasteiger partial charge in [-0.05, 0) is 30.5 Å². The van der Waals surface area contributed by atoms with Crippen LogP contribution in [0.4, 0.5) is 0 Å². The van der Waals surface area contributed by atoms with Gasteiger partial charge in [-0.15, -0.1) is 0 Å². The molecule has 0 spiro atoms. The smallest absolute Gasteiger partial charge is 0.297 e. The summed E-state index contributed by atoms with van der Waals surface area (Å²) in [6.07, 6.45) is 3.80. The Balaban J connectivity index is 2.02. The monoisotopic (exact) mass is 409 g/mol. The van der Waals surface area contributed by atoms with Crippen LogP contribution in [0, 0.1) is 0 Å². The quantitative estimate of drug-likeness (QED) is 0.389. The van der Waals surface area contributed by atoms with Gasteiger partial charge in [0.2, 0.25) is 5.75 Å². The highest BCUT2D eigenvalue weighted by molar-refractivity contribution is 5.89. The molecule has 1 aromatic heterocycles. The summed E-state index contributed by atoms with van der Waals surface area (Å²) in [6.45, 7) is 5.81. The van der Waals surface area contributed by atoms with Crippen molar-refractivity contribution in [2.24, 2.45) is 0 Å². The van der Waals surface area contributed by atoms with E-state index in [2.05, 4.69) is 13.8 Å². The van der Waals surface area contributed by atoms with Gasteiger partial charge in [-0.3, -0.25) is 4.79 Å². The molecule has 0 saturated heterocycles. The average molecular weight is 410 g/mol. The van der Waals surface area contributed by atoms with Crippen molar-refractivity contribution in [2.45, 2.75) is 52.7 Å². The van der Waals surface area contributed by atoms with E-state index in [0.29, 0.717) is 31.3 Å². The molecule has 0 aliphatic heterocycles. The summed E-state index contributed by atoms with van der Waals surface area (Å²) in [5.74, 6) is 1.51. The van der Waals surface area contributed by atoms with Crippen molar-refractivity contribution in [2.75, 3.05) is 13.7 Å². The fraction of sp³-hybridized carbons (Fsp3) is 0.400. The first-order valence-electron chi connectivity index (χ1n) is 10.7. The van der Waals surface area contributed by atoms with Crippen molar-refractivity contribution in [3.05, 3.63) is 64.4 Å². The van der Waals surface area contributed by atoms with Crippen LogP contribution in [0.1, 0.15) is 45.1 Å². The van der Waals surface area contributed by atoms with E-state index in [1.165, 1.54) is 0 Å². The number of rotatable bonds is 11. The van der Waals surface area contributed by atoms with E-state index >= 15 is 0 Å². The van der Waals surface area contributed by atoms with Crippen LogP contribution in [0.15, 0.2) is 53.3 Å². The number of aromatic nitrogens is 1. The van der Waals surface area contributed by atoms with E-state index in [-0.39, 0.29) is 5.56 Å². The molecular formula is C25H31NO4. The Morgan fingerprint density at radius 1 is 0.900 bits per heavy atom. The fourth-order valence-corrected chi connectivity index (χ4v) is 3.40. The number of unbranched alkanes of at least 4 members (excludes halogenated alkanes) is 2. The number of nitrogens with zero attached hydrogens (tertiary/aromatic N) is 1. The lowest BCUT2D eigenvalue weighted by molar-refractivity contribution is 0.283. The minimum Gasteiger partial charge on any atom is -0.492 e. The highest BCUT2D eigenvalue weighted by Gasteiger charge is 2.19. The fourth-order valence-electron chi connectivity index (χ4n) is 3.40. The number of ether oxygens (including phenoxy) is 3. The lowest BCUT2D eigenvalue weighted by Gasteiger charge is -2.18. The van der Waals surface area contributed by atoms with Crippen LogP contribution >= 0.6 is 0 Å². The highest BCUT2D eigenvalue weighted by Crippen LogP contribution is 2.34. The van der Waals surface area contributed by atoms with Gasteiger partial charge in [0.05, 0.1) is 19.2 Å². The van der Waals surface area contributed by atoms with Gasteiger partial charge in [-0.2, -0.15) is 0 Å². The highest BCUT2D eigenvalue weighted by atomic mass is 16.5. The summed E-state index contributed by atoms with van der Waals surface area (Å²) < 4.78 is 19.3. The lowest BCUT2D eigenvalue weighted by atomic mass is 10.1. The normalized spacial score (nSPS) is 10.9. The Bertz CT molecular complexity index is 1010. The maximum atomic E-state index is 13.3.